The number of aryl methyl sites for hydroxylation is 1. The van der Waals surface area contributed by atoms with Crippen LogP contribution in [0.5, 0.6) is 5.75 Å². The quantitative estimate of drug-likeness (QED) is 0.546. The number of amides is 1. The van der Waals surface area contributed by atoms with E-state index in [1.807, 2.05) is 49.4 Å². The zero-order chi connectivity index (χ0) is 18.4. The van der Waals surface area contributed by atoms with Gasteiger partial charge in [-0.3, -0.25) is 4.79 Å². The highest BCUT2D eigenvalue weighted by atomic mass is 16.5. The Hall–Kier alpha value is -3.34. The molecule has 3 rings (SSSR count). The third-order valence-electron chi connectivity index (χ3n) is 3.92. The van der Waals surface area contributed by atoms with Gasteiger partial charge in [0.2, 0.25) is 0 Å². The normalized spacial score (nSPS) is 11.6. The lowest BCUT2D eigenvalue weighted by molar-refractivity contribution is -0.136. The first-order valence-corrected chi connectivity index (χ1v) is 8.29. The number of ether oxygens (including phenoxy) is 1. The van der Waals surface area contributed by atoms with Gasteiger partial charge in [-0.1, -0.05) is 48.5 Å². The topological polar surface area (TPSA) is 68.5 Å². The van der Waals surface area contributed by atoms with Crippen LogP contribution in [0.25, 0.3) is 0 Å². The first kappa shape index (κ1) is 17.5. The van der Waals surface area contributed by atoms with Gasteiger partial charge in [0.05, 0.1) is 6.26 Å². The molecule has 1 unspecified atom stereocenters. The maximum Gasteiger partial charge on any atom is 0.334 e. The Morgan fingerprint density at radius 1 is 1.00 bits per heavy atom. The van der Waals surface area contributed by atoms with E-state index in [9.17, 15) is 9.59 Å². The molecule has 2 aromatic carbocycles. The molecule has 1 atom stereocenters. The summed E-state index contributed by atoms with van der Waals surface area (Å²) >= 11 is 0. The summed E-state index contributed by atoms with van der Waals surface area (Å²) in [4.78, 5) is 25.0. The number of hydrogen-bond acceptors (Lipinski definition) is 4. The first-order chi connectivity index (χ1) is 12.6. The van der Waals surface area contributed by atoms with Crippen molar-refractivity contribution in [1.29, 1.82) is 0 Å². The van der Waals surface area contributed by atoms with Gasteiger partial charge in [0.1, 0.15) is 11.8 Å². The van der Waals surface area contributed by atoms with Crippen LogP contribution in [0.3, 0.4) is 0 Å². The molecule has 132 valence electrons. The summed E-state index contributed by atoms with van der Waals surface area (Å²) in [6, 6.07) is 19.0. The summed E-state index contributed by atoms with van der Waals surface area (Å²) < 4.78 is 10.6. The van der Waals surface area contributed by atoms with Crippen molar-refractivity contribution in [2.75, 3.05) is 0 Å². The summed E-state index contributed by atoms with van der Waals surface area (Å²) in [7, 11) is 0. The molecule has 0 aliphatic carbocycles. The smallest absolute Gasteiger partial charge is 0.334 e. The predicted molar refractivity (Wildman–Crippen MR) is 96.9 cm³/mol. The number of esters is 1. The molecule has 0 aliphatic rings. The van der Waals surface area contributed by atoms with E-state index in [0.29, 0.717) is 12.2 Å². The molecule has 0 saturated carbocycles. The van der Waals surface area contributed by atoms with Crippen LogP contribution in [0.1, 0.15) is 21.7 Å². The second-order valence-corrected chi connectivity index (χ2v) is 5.88. The van der Waals surface area contributed by atoms with Crippen molar-refractivity contribution in [3.05, 3.63) is 89.9 Å². The molecule has 1 amide bonds. The van der Waals surface area contributed by atoms with Crippen LogP contribution in [0, 0.1) is 6.92 Å². The second-order valence-electron chi connectivity index (χ2n) is 5.88. The van der Waals surface area contributed by atoms with Crippen molar-refractivity contribution in [2.45, 2.75) is 19.4 Å². The molecule has 1 N–H and O–H groups in total. The van der Waals surface area contributed by atoms with Crippen molar-refractivity contribution in [3.8, 4) is 5.75 Å². The highest BCUT2D eigenvalue weighted by molar-refractivity contribution is 5.94. The summed E-state index contributed by atoms with van der Waals surface area (Å²) in [6.07, 6.45) is 1.73. The molecule has 0 radical (unpaired) electrons. The number of hydrogen-bond donors (Lipinski definition) is 1. The van der Waals surface area contributed by atoms with Gasteiger partial charge < -0.3 is 14.5 Å². The second kappa shape index (κ2) is 8.16. The van der Waals surface area contributed by atoms with E-state index in [-0.39, 0.29) is 5.76 Å². The molecule has 0 aliphatic heterocycles. The van der Waals surface area contributed by atoms with Gasteiger partial charge in [-0.25, -0.2) is 4.79 Å². The summed E-state index contributed by atoms with van der Waals surface area (Å²) in [5.41, 5.74) is 1.76. The van der Waals surface area contributed by atoms with Crippen LogP contribution in [0.15, 0.2) is 77.4 Å². The van der Waals surface area contributed by atoms with Crippen LogP contribution >= 0.6 is 0 Å². The molecule has 0 saturated heterocycles. The molecule has 1 aromatic heterocycles. The SMILES string of the molecule is Cc1ccccc1OC(=O)C(Cc1ccccc1)NC(=O)c1ccco1. The van der Waals surface area contributed by atoms with Crippen molar-refractivity contribution >= 4 is 11.9 Å². The molecular weight excluding hydrogens is 330 g/mol. The summed E-state index contributed by atoms with van der Waals surface area (Å²) in [6.45, 7) is 1.86. The maximum atomic E-state index is 12.7. The van der Waals surface area contributed by atoms with Gasteiger partial charge in [0.15, 0.2) is 5.76 Å². The van der Waals surface area contributed by atoms with Crippen LogP contribution in [0.4, 0.5) is 0 Å². The van der Waals surface area contributed by atoms with E-state index in [2.05, 4.69) is 5.32 Å². The summed E-state index contributed by atoms with van der Waals surface area (Å²) in [5, 5.41) is 2.70. The minimum Gasteiger partial charge on any atom is -0.459 e. The van der Waals surface area contributed by atoms with E-state index in [1.54, 1.807) is 24.3 Å². The standard InChI is InChI=1S/C21H19NO4/c1-15-8-5-6-11-18(15)26-21(24)17(14-16-9-3-2-4-10-16)22-20(23)19-12-7-13-25-19/h2-13,17H,14H2,1H3,(H,22,23). The Morgan fingerprint density at radius 3 is 2.42 bits per heavy atom. The van der Waals surface area contributed by atoms with Crippen LogP contribution in [0.2, 0.25) is 0 Å². The summed E-state index contributed by atoms with van der Waals surface area (Å²) in [5.74, 6) is -0.365. The lowest BCUT2D eigenvalue weighted by Gasteiger charge is -2.18. The van der Waals surface area contributed by atoms with E-state index in [1.165, 1.54) is 6.26 Å². The molecule has 5 heteroatoms. The Bertz CT molecular complexity index is 872. The van der Waals surface area contributed by atoms with Gasteiger partial charge in [-0.15, -0.1) is 0 Å². The van der Waals surface area contributed by atoms with Crippen LogP contribution < -0.4 is 10.1 Å². The monoisotopic (exact) mass is 349 g/mol. The third kappa shape index (κ3) is 4.39. The predicted octanol–water partition coefficient (Wildman–Crippen LogP) is 3.53. The molecule has 0 spiro atoms. The Labute approximate surface area is 151 Å². The van der Waals surface area contributed by atoms with Crippen LogP contribution in [-0.4, -0.2) is 17.9 Å². The fourth-order valence-electron chi connectivity index (χ4n) is 2.53. The molecule has 5 nitrogen and oxygen atoms in total. The molecule has 0 bridgehead atoms. The number of rotatable bonds is 6. The number of para-hydroxylation sites is 1. The highest BCUT2D eigenvalue weighted by Crippen LogP contribution is 2.17. The Morgan fingerprint density at radius 2 is 1.73 bits per heavy atom. The maximum absolute atomic E-state index is 12.7. The molecule has 0 fully saturated rings. The first-order valence-electron chi connectivity index (χ1n) is 8.29. The average molecular weight is 349 g/mol. The zero-order valence-electron chi connectivity index (χ0n) is 14.3. The number of furan rings is 1. The van der Waals surface area contributed by atoms with E-state index < -0.39 is 17.9 Å². The highest BCUT2D eigenvalue weighted by Gasteiger charge is 2.25. The molecule has 3 aromatic rings. The van der Waals surface area contributed by atoms with Crippen LogP contribution in [-0.2, 0) is 11.2 Å². The van der Waals surface area contributed by atoms with Crippen molar-refractivity contribution in [1.82, 2.24) is 5.32 Å². The fraction of sp³-hybridized carbons (Fsp3) is 0.143. The lowest BCUT2D eigenvalue weighted by Crippen LogP contribution is -2.44. The van der Waals surface area contributed by atoms with E-state index in [0.717, 1.165) is 11.1 Å². The Kier molecular flexibility index (Phi) is 5.49. The number of nitrogens with one attached hydrogen (secondary N) is 1. The zero-order valence-corrected chi connectivity index (χ0v) is 14.3. The Balaban J connectivity index is 1.78. The van der Waals surface area contributed by atoms with Crippen molar-refractivity contribution in [2.24, 2.45) is 0 Å². The largest absolute Gasteiger partial charge is 0.459 e. The number of carbonyl (C=O) groups is 2. The number of benzene rings is 2. The minimum atomic E-state index is -0.838. The van der Waals surface area contributed by atoms with Crippen molar-refractivity contribution < 1.29 is 18.7 Å². The van der Waals surface area contributed by atoms with Crippen molar-refractivity contribution in [3.63, 3.8) is 0 Å². The van der Waals surface area contributed by atoms with Gasteiger partial charge in [0.25, 0.3) is 5.91 Å². The molecule has 26 heavy (non-hydrogen) atoms. The minimum absolute atomic E-state index is 0.145. The average Bonchev–Trinajstić information content (AvgIpc) is 3.19. The van der Waals surface area contributed by atoms with Gasteiger partial charge in [-0.2, -0.15) is 0 Å². The van der Waals surface area contributed by atoms with Gasteiger partial charge >= 0.3 is 5.97 Å². The molecular formula is C21H19NO4. The van der Waals surface area contributed by atoms with Gasteiger partial charge in [-0.05, 0) is 36.2 Å². The number of carbonyl (C=O) groups excluding carboxylic acids is 2. The molecule has 1 heterocycles. The van der Waals surface area contributed by atoms with Gasteiger partial charge in [0, 0.05) is 6.42 Å². The van der Waals surface area contributed by atoms with E-state index in [4.69, 9.17) is 9.15 Å². The lowest BCUT2D eigenvalue weighted by atomic mass is 10.1. The van der Waals surface area contributed by atoms with E-state index >= 15 is 0 Å². The fourth-order valence-corrected chi connectivity index (χ4v) is 2.53. The third-order valence-corrected chi connectivity index (χ3v) is 3.92.